The zero-order valence-corrected chi connectivity index (χ0v) is 16.1. The van der Waals surface area contributed by atoms with E-state index in [9.17, 15) is 4.79 Å². The Hall–Kier alpha value is -2.22. The normalized spacial score (nSPS) is 14.9. The molecule has 1 amide bonds. The monoisotopic (exact) mass is 376 g/mol. The molecule has 140 valence electrons. The summed E-state index contributed by atoms with van der Waals surface area (Å²) in [5.41, 5.74) is 0.638. The Labute approximate surface area is 157 Å². The molecular weight excluding hydrogens is 352 g/mol. The van der Waals surface area contributed by atoms with Crippen LogP contribution in [0.2, 0.25) is 0 Å². The van der Waals surface area contributed by atoms with Gasteiger partial charge in [0.25, 0.3) is 0 Å². The van der Waals surface area contributed by atoms with Crippen molar-refractivity contribution in [1.29, 1.82) is 0 Å². The lowest BCUT2D eigenvalue weighted by Crippen LogP contribution is -2.23. The number of carbonyl (C=O) groups is 1. The van der Waals surface area contributed by atoms with Gasteiger partial charge in [0.05, 0.1) is 19.5 Å². The fourth-order valence-electron chi connectivity index (χ4n) is 2.88. The zero-order valence-electron chi connectivity index (χ0n) is 15.3. The first-order chi connectivity index (χ1) is 12.6. The highest BCUT2D eigenvalue weighted by molar-refractivity contribution is 8.00. The Kier molecular flexibility index (Phi) is 6.03. The molecule has 26 heavy (non-hydrogen) atoms. The maximum absolute atomic E-state index is 12.6. The van der Waals surface area contributed by atoms with E-state index in [0.29, 0.717) is 17.2 Å². The largest absolute Gasteiger partial charge is 0.497 e. The fraction of sp³-hybridized carbons (Fsp3) is 0.500. The summed E-state index contributed by atoms with van der Waals surface area (Å²) in [6.07, 6.45) is 4.44. The number of ether oxygens (including phenoxy) is 2. The average molecular weight is 376 g/mol. The molecule has 0 saturated heterocycles. The third-order valence-electron chi connectivity index (χ3n) is 4.35. The van der Waals surface area contributed by atoms with E-state index in [1.54, 1.807) is 32.4 Å². The van der Waals surface area contributed by atoms with Gasteiger partial charge in [-0.3, -0.25) is 4.79 Å². The number of rotatable bonds is 6. The van der Waals surface area contributed by atoms with Crippen molar-refractivity contribution in [1.82, 2.24) is 14.8 Å². The second-order valence-electron chi connectivity index (χ2n) is 6.21. The molecule has 1 aromatic carbocycles. The van der Waals surface area contributed by atoms with Gasteiger partial charge in [-0.1, -0.05) is 18.2 Å². The molecule has 7 nitrogen and oxygen atoms in total. The first-order valence-electron chi connectivity index (χ1n) is 8.73. The number of benzene rings is 1. The van der Waals surface area contributed by atoms with Crippen molar-refractivity contribution < 1.29 is 14.3 Å². The second kappa shape index (κ2) is 8.44. The van der Waals surface area contributed by atoms with Crippen LogP contribution in [0.4, 0.5) is 5.69 Å². The van der Waals surface area contributed by atoms with E-state index >= 15 is 0 Å². The Balaban J connectivity index is 1.68. The Morgan fingerprint density at radius 2 is 1.88 bits per heavy atom. The standard InChI is InChI=1S/C18H24N4O3S/c1-12(26-18-21-20-16-7-5-4-6-8-22(16)18)17(23)19-13-9-14(24-2)11-15(10-13)25-3/h9-12H,4-8H2,1-3H3,(H,19,23). The summed E-state index contributed by atoms with van der Waals surface area (Å²) in [4.78, 5) is 12.6. The van der Waals surface area contributed by atoms with Crippen molar-refractivity contribution in [2.24, 2.45) is 0 Å². The number of thioether (sulfide) groups is 1. The van der Waals surface area contributed by atoms with Crippen LogP contribution in [0.5, 0.6) is 11.5 Å². The van der Waals surface area contributed by atoms with E-state index in [-0.39, 0.29) is 11.2 Å². The molecule has 1 aromatic heterocycles. The van der Waals surface area contributed by atoms with Crippen molar-refractivity contribution in [2.45, 2.75) is 49.6 Å². The molecule has 8 heteroatoms. The minimum Gasteiger partial charge on any atom is -0.497 e. The molecule has 0 saturated carbocycles. The molecule has 1 unspecified atom stereocenters. The van der Waals surface area contributed by atoms with E-state index in [1.165, 1.54) is 18.2 Å². The van der Waals surface area contributed by atoms with E-state index in [2.05, 4.69) is 20.1 Å². The van der Waals surface area contributed by atoms with Crippen molar-refractivity contribution in [3.8, 4) is 11.5 Å². The van der Waals surface area contributed by atoms with Gasteiger partial charge in [0.15, 0.2) is 5.16 Å². The van der Waals surface area contributed by atoms with Crippen LogP contribution in [0.1, 0.15) is 32.0 Å². The first-order valence-corrected chi connectivity index (χ1v) is 9.61. The third-order valence-corrected chi connectivity index (χ3v) is 5.43. The van der Waals surface area contributed by atoms with Crippen LogP contribution in [0, 0.1) is 0 Å². The van der Waals surface area contributed by atoms with Gasteiger partial charge < -0.3 is 19.4 Å². The summed E-state index contributed by atoms with van der Waals surface area (Å²) >= 11 is 1.44. The molecule has 1 N–H and O–H groups in total. The number of hydrogen-bond donors (Lipinski definition) is 1. The van der Waals surface area contributed by atoms with Gasteiger partial charge in [0.2, 0.25) is 5.91 Å². The molecule has 0 bridgehead atoms. The number of nitrogens with zero attached hydrogens (tertiary/aromatic N) is 3. The predicted molar refractivity (Wildman–Crippen MR) is 101 cm³/mol. The number of anilines is 1. The minimum atomic E-state index is -0.302. The molecule has 1 aliphatic heterocycles. The summed E-state index contributed by atoms with van der Waals surface area (Å²) in [5, 5.41) is 12.0. The summed E-state index contributed by atoms with van der Waals surface area (Å²) in [6, 6.07) is 5.29. The van der Waals surface area contributed by atoms with Gasteiger partial charge in [-0.05, 0) is 19.8 Å². The Bertz CT molecular complexity index is 756. The highest BCUT2D eigenvalue weighted by Crippen LogP contribution is 2.28. The topological polar surface area (TPSA) is 78.3 Å². The van der Waals surface area contributed by atoms with Gasteiger partial charge in [-0.2, -0.15) is 0 Å². The number of methoxy groups -OCH3 is 2. The predicted octanol–water partition coefficient (Wildman–Crippen LogP) is 3.14. The maximum Gasteiger partial charge on any atom is 0.237 e. The lowest BCUT2D eigenvalue weighted by atomic mass is 10.2. The first kappa shape index (κ1) is 18.6. The van der Waals surface area contributed by atoms with Gasteiger partial charge in [0, 0.05) is 36.9 Å². The van der Waals surface area contributed by atoms with Crippen molar-refractivity contribution in [3.63, 3.8) is 0 Å². The molecule has 0 fully saturated rings. The highest BCUT2D eigenvalue weighted by atomic mass is 32.2. The number of hydrogen-bond acceptors (Lipinski definition) is 6. The number of carbonyl (C=O) groups excluding carboxylic acids is 1. The fourth-order valence-corrected chi connectivity index (χ4v) is 3.77. The van der Waals surface area contributed by atoms with Gasteiger partial charge >= 0.3 is 0 Å². The van der Waals surface area contributed by atoms with Gasteiger partial charge in [-0.15, -0.1) is 10.2 Å². The van der Waals surface area contributed by atoms with Crippen LogP contribution in [0.15, 0.2) is 23.4 Å². The van der Waals surface area contributed by atoms with E-state index < -0.39 is 0 Å². The SMILES string of the molecule is COc1cc(NC(=O)C(C)Sc2nnc3n2CCCCC3)cc(OC)c1. The van der Waals surface area contributed by atoms with Crippen LogP contribution < -0.4 is 14.8 Å². The van der Waals surface area contributed by atoms with Crippen LogP contribution >= 0.6 is 11.8 Å². The summed E-state index contributed by atoms with van der Waals surface area (Å²) in [7, 11) is 3.16. The van der Waals surface area contributed by atoms with Crippen LogP contribution in [-0.2, 0) is 17.8 Å². The molecule has 1 aliphatic rings. The molecular formula is C18H24N4O3S. The van der Waals surface area contributed by atoms with Crippen LogP contribution in [0.3, 0.4) is 0 Å². The summed E-state index contributed by atoms with van der Waals surface area (Å²) < 4.78 is 12.6. The smallest absolute Gasteiger partial charge is 0.237 e. The van der Waals surface area contributed by atoms with Gasteiger partial charge in [-0.25, -0.2) is 0 Å². The summed E-state index contributed by atoms with van der Waals surface area (Å²) in [6.45, 7) is 2.79. The number of amides is 1. The number of aromatic nitrogens is 3. The minimum absolute atomic E-state index is 0.101. The third kappa shape index (κ3) is 4.30. The molecule has 0 radical (unpaired) electrons. The molecule has 1 atom stereocenters. The summed E-state index contributed by atoms with van der Waals surface area (Å²) in [5.74, 6) is 2.18. The number of aryl methyl sites for hydroxylation is 1. The van der Waals surface area contributed by atoms with E-state index in [0.717, 1.165) is 36.8 Å². The van der Waals surface area contributed by atoms with Crippen molar-refractivity contribution in [2.75, 3.05) is 19.5 Å². The zero-order chi connectivity index (χ0) is 18.5. The van der Waals surface area contributed by atoms with Crippen LogP contribution in [-0.4, -0.2) is 40.1 Å². The number of nitrogens with one attached hydrogen (secondary N) is 1. The molecule has 2 aromatic rings. The quantitative estimate of drug-likeness (QED) is 0.781. The maximum atomic E-state index is 12.6. The Morgan fingerprint density at radius 3 is 2.58 bits per heavy atom. The second-order valence-corrected chi connectivity index (χ2v) is 7.52. The lowest BCUT2D eigenvalue weighted by molar-refractivity contribution is -0.115. The van der Waals surface area contributed by atoms with Crippen LogP contribution in [0.25, 0.3) is 0 Å². The average Bonchev–Trinajstić information content (AvgIpc) is 2.87. The van der Waals surface area contributed by atoms with Gasteiger partial charge in [0.1, 0.15) is 17.3 Å². The molecule has 2 heterocycles. The van der Waals surface area contributed by atoms with E-state index in [4.69, 9.17) is 9.47 Å². The van der Waals surface area contributed by atoms with E-state index in [1.807, 2.05) is 6.92 Å². The highest BCUT2D eigenvalue weighted by Gasteiger charge is 2.21. The van der Waals surface area contributed by atoms with Crippen molar-refractivity contribution >= 4 is 23.4 Å². The molecule has 0 aliphatic carbocycles. The van der Waals surface area contributed by atoms with Crippen molar-refractivity contribution in [3.05, 3.63) is 24.0 Å². The lowest BCUT2D eigenvalue weighted by Gasteiger charge is -2.14. The Morgan fingerprint density at radius 1 is 1.15 bits per heavy atom. The number of fused-ring (bicyclic) bond motifs is 1. The molecule has 0 spiro atoms. The molecule has 3 rings (SSSR count).